The molecule has 1 amide bonds. The van der Waals surface area contributed by atoms with E-state index in [4.69, 9.17) is 9.47 Å². The maximum atomic E-state index is 11.8. The van der Waals surface area contributed by atoms with E-state index in [2.05, 4.69) is 5.32 Å². The number of amides is 1. The molecule has 5 nitrogen and oxygen atoms in total. The van der Waals surface area contributed by atoms with E-state index in [1.165, 1.54) is 24.4 Å². The van der Waals surface area contributed by atoms with E-state index in [0.717, 1.165) is 4.90 Å². The Morgan fingerprint density at radius 1 is 1.23 bits per heavy atom. The second-order valence-corrected chi connectivity index (χ2v) is 6.94. The minimum atomic E-state index is -0.758. The molecule has 0 saturated heterocycles. The molecule has 1 rings (SSSR count). The molecule has 1 aromatic rings. The van der Waals surface area contributed by atoms with Gasteiger partial charge in [-0.3, -0.25) is 0 Å². The van der Waals surface area contributed by atoms with Gasteiger partial charge < -0.3 is 14.8 Å². The third kappa shape index (κ3) is 6.85. The Labute approximate surface area is 135 Å². The summed E-state index contributed by atoms with van der Waals surface area (Å²) >= 11 is 1.47. The number of nitrogens with one attached hydrogen (secondary N) is 1. The highest BCUT2D eigenvalue weighted by Gasteiger charge is 2.25. The van der Waals surface area contributed by atoms with Gasteiger partial charge in [-0.2, -0.15) is 0 Å². The smallest absolute Gasteiger partial charge is 0.408 e. The molecule has 0 aromatic heterocycles. The highest BCUT2D eigenvalue weighted by molar-refractivity contribution is 7.99. The van der Waals surface area contributed by atoms with E-state index in [1.807, 2.05) is 31.2 Å². The molecular formula is C16H23NO4S. The number of hydrogen-bond donors (Lipinski definition) is 1. The Balaban J connectivity index is 2.63. The summed E-state index contributed by atoms with van der Waals surface area (Å²) in [6, 6.07) is 7.18. The van der Waals surface area contributed by atoms with Crippen LogP contribution in [-0.2, 0) is 14.3 Å². The van der Waals surface area contributed by atoms with Crippen LogP contribution >= 0.6 is 11.8 Å². The Morgan fingerprint density at radius 2 is 1.82 bits per heavy atom. The number of carbonyl (C=O) groups excluding carboxylic acids is 2. The van der Waals surface area contributed by atoms with Crippen molar-refractivity contribution in [3.05, 3.63) is 29.8 Å². The molecule has 0 spiro atoms. The lowest BCUT2D eigenvalue weighted by Crippen LogP contribution is -2.45. The zero-order chi connectivity index (χ0) is 16.8. The van der Waals surface area contributed by atoms with Crippen molar-refractivity contribution in [1.29, 1.82) is 0 Å². The summed E-state index contributed by atoms with van der Waals surface area (Å²) in [5.74, 6) is -0.125. The molecule has 0 heterocycles. The van der Waals surface area contributed by atoms with Crippen molar-refractivity contribution in [2.45, 2.75) is 44.2 Å². The number of esters is 1. The Morgan fingerprint density at radius 3 is 2.32 bits per heavy atom. The van der Waals surface area contributed by atoms with Crippen LogP contribution in [0.1, 0.15) is 26.3 Å². The van der Waals surface area contributed by atoms with E-state index in [1.54, 1.807) is 20.8 Å². The molecule has 1 N–H and O–H groups in total. The van der Waals surface area contributed by atoms with Gasteiger partial charge in [-0.1, -0.05) is 17.7 Å². The first kappa shape index (κ1) is 18.4. The first-order valence-electron chi connectivity index (χ1n) is 6.98. The van der Waals surface area contributed by atoms with Gasteiger partial charge in [0.2, 0.25) is 0 Å². The van der Waals surface area contributed by atoms with Crippen LogP contribution in [0.25, 0.3) is 0 Å². The van der Waals surface area contributed by atoms with Crippen LogP contribution in [0, 0.1) is 6.92 Å². The summed E-state index contributed by atoms with van der Waals surface area (Å²) in [4.78, 5) is 24.6. The number of aryl methyl sites for hydroxylation is 1. The Kier molecular flexibility index (Phi) is 6.74. The molecule has 22 heavy (non-hydrogen) atoms. The molecule has 0 saturated carbocycles. The highest BCUT2D eigenvalue weighted by Crippen LogP contribution is 2.19. The van der Waals surface area contributed by atoms with Gasteiger partial charge in [0.15, 0.2) is 0 Å². The number of alkyl carbamates (subject to hydrolysis) is 1. The molecule has 122 valence electrons. The summed E-state index contributed by atoms with van der Waals surface area (Å²) in [5, 5.41) is 2.55. The van der Waals surface area contributed by atoms with E-state index in [9.17, 15) is 9.59 Å². The van der Waals surface area contributed by atoms with Gasteiger partial charge in [0.25, 0.3) is 0 Å². The van der Waals surface area contributed by atoms with Crippen LogP contribution in [0.2, 0.25) is 0 Å². The van der Waals surface area contributed by atoms with Crippen molar-refractivity contribution in [1.82, 2.24) is 5.32 Å². The summed E-state index contributed by atoms with van der Waals surface area (Å²) in [5.41, 5.74) is 0.551. The largest absolute Gasteiger partial charge is 0.467 e. The average Bonchev–Trinajstić information content (AvgIpc) is 2.42. The fraction of sp³-hybridized carbons (Fsp3) is 0.500. The summed E-state index contributed by atoms with van der Waals surface area (Å²) in [6.07, 6.45) is -0.632. The van der Waals surface area contributed by atoms with Crippen molar-refractivity contribution in [3.63, 3.8) is 0 Å². The molecule has 1 aromatic carbocycles. The molecule has 1 atom stereocenters. The topological polar surface area (TPSA) is 64.6 Å². The molecule has 6 heteroatoms. The summed E-state index contributed by atoms with van der Waals surface area (Å²) in [7, 11) is 1.29. The third-order valence-electron chi connectivity index (χ3n) is 2.61. The lowest BCUT2D eigenvalue weighted by Gasteiger charge is -2.22. The van der Waals surface area contributed by atoms with Gasteiger partial charge in [0.05, 0.1) is 7.11 Å². The molecule has 0 aliphatic rings. The number of ether oxygens (including phenoxy) is 2. The number of thioether (sulfide) groups is 1. The summed E-state index contributed by atoms with van der Waals surface area (Å²) < 4.78 is 9.89. The average molecular weight is 325 g/mol. The number of methoxy groups -OCH3 is 1. The lowest BCUT2D eigenvalue weighted by atomic mass is 10.2. The standard InChI is InChI=1S/C16H23NO4S/c1-11-6-8-12(9-7-11)22-10-13(14(18)20-5)17-15(19)21-16(2,3)4/h6-9,13H,10H2,1-5H3,(H,17,19). The van der Waals surface area contributed by atoms with Crippen LogP contribution in [0.15, 0.2) is 29.2 Å². The molecular weight excluding hydrogens is 302 g/mol. The van der Waals surface area contributed by atoms with Crippen molar-refractivity contribution < 1.29 is 19.1 Å². The van der Waals surface area contributed by atoms with Crippen LogP contribution in [0.3, 0.4) is 0 Å². The minimum absolute atomic E-state index is 0.370. The molecule has 0 radical (unpaired) electrons. The molecule has 0 fully saturated rings. The van der Waals surface area contributed by atoms with Gasteiger partial charge in [-0.15, -0.1) is 11.8 Å². The zero-order valence-corrected chi connectivity index (χ0v) is 14.5. The highest BCUT2D eigenvalue weighted by atomic mass is 32.2. The van der Waals surface area contributed by atoms with Gasteiger partial charge >= 0.3 is 12.1 Å². The predicted molar refractivity (Wildman–Crippen MR) is 87.1 cm³/mol. The maximum absolute atomic E-state index is 11.8. The zero-order valence-electron chi connectivity index (χ0n) is 13.6. The van der Waals surface area contributed by atoms with Crippen LogP contribution in [-0.4, -0.2) is 36.6 Å². The van der Waals surface area contributed by atoms with Crippen LogP contribution in [0.5, 0.6) is 0 Å². The van der Waals surface area contributed by atoms with Crippen molar-refractivity contribution in [3.8, 4) is 0 Å². The lowest BCUT2D eigenvalue weighted by molar-refractivity contribution is -0.142. The molecule has 0 aliphatic carbocycles. The Bertz CT molecular complexity index is 508. The van der Waals surface area contributed by atoms with E-state index < -0.39 is 23.7 Å². The van der Waals surface area contributed by atoms with Crippen LogP contribution in [0.4, 0.5) is 4.79 Å². The monoisotopic (exact) mass is 325 g/mol. The SMILES string of the molecule is COC(=O)C(CSc1ccc(C)cc1)NC(=O)OC(C)(C)C. The number of benzene rings is 1. The second-order valence-electron chi connectivity index (χ2n) is 5.85. The molecule has 1 unspecified atom stereocenters. The van der Waals surface area contributed by atoms with Gasteiger partial charge in [-0.05, 0) is 39.8 Å². The predicted octanol–water partition coefficient (Wildman–Crippen LogP) is 3.15. The quantitative estimate of drug-likeness (QED) is 0.665. The van der Waals surface area contributed by atoms with E-state index >= 15 is 0 Å². The van der Waals surface area contributed by atoms with Crippen molar-refractivity contribution >= 4 is 23.8 Å². The van der Waals surface area contributed by atoms with Crippen LogP contribution < -0.4 is 5.32 Å². The van der Waals surface area contributed by atoms with Gasteiger partial charge in [0, 0.05) is 10.6 Å². The first-order valence-corrected chi connectivity index (χ1v) is 7.96. The third-order valence-corrected chi connectivity index (χ3v) is 3.72. The number of rotatable bonds is 5. The number of hydrogen-bond acceptors (Lipinski definition) is 5. The Hall–Kier alpha value is -1.69. The number of carbonyl (C=O) groups is 2. The molecule has 0 bridgehead atoms. The van der Waals surface area contributed by atoms with Crippen molar-refractivity contribution in [2.24, 2.45) is 0 Å². The van der Waals surface area contributed by atoms with Gasteiger partial charge in [0.1, 0.15) is 11.6 Å². The van der Waals surface area contributed by atoms with Gasteiger partial charge in [-0.25, -0.2) is 9.59 Å². The summed E-state index contributed by atoms with van der Waals surface area (Å²) in [6.45, 7) is 7.30. The van der Waals surface area contributed by atoms with E-state index in [0.29, 0.717) is 5.75 Å². The van der Waals surface area contributed by atoms with Crippen molar-refractivity contribution in [2.75, 3.05) is 12.9 Å². The second kappa shape index (κ2) is 8.08. The fourth-order valence-electron chi connectivity index (χ4n) is 1.57. The normalized spacial score (nSPS) is 12.4. The molecule has 0 aliphatic heterocycles. The fourth-order valence-corrected chi connectivity index (χ4v) is 2.48. The van der Waals surface area contributed by atoms with E-state index in [-0.39, 0.29) is 0 Å². The minimum Gasteiger partial charge on any atom is -0.467 e. The first-order chi connectivity index (χ1) is 10.2. The maximum Gasteiger partial charge on any atom is 0.408 e.